The smallest absolute Gasteiger partial charge is 0.289 e. The normalized spacial score (nSPS) is 15.2. The van der Waals surface area contributed by atoms with Crippen molar-refractivity contribution in [1.82, 2.24) is 19.6 Å². The molecule has 6 heteroatoms. The highest BCUT2D eigenvalue weighted by atomic mass is 16.4. The first-order chi connectivity index (χ1) is 13.2. The van der Waals surface area contributed by atoms with E-state index in [-0.39, 0.29) is 5.91 Å². The standard InChI is InChI=1S/C21H24N4O2/c1-17-4-2-5-18(14-17)15-23-10-12-24(13-11-23)21(26)20-7-6-19(27-20)16-25-9-3-8-22-25/h2-9,14H,10-13,15-16H2,1H3. The van der Waals surface area contributed by atoms with Crippen LogP contribution < -0.4 is 0 Å². The first kappa shape index (κ1) is 17.5. The summed E-state index contributed by atoms with van der Waals surface area (Å²) in [4.78, 5) is 17.0. The van der Waals surface area contributed by atoms with Crippen molar-refractivity contribution in [2.75, 3.05) is 26.2 Å². The fourth-order valence-electron chi connectivity index (χ4n) is 3.47. The third kappa shape index (κ3) is 4.28. The minimum Gasteiger partial charge on any atom is -0.454 e. The van der Waals surface area contributed by atoms with Gasteiger partial charge in [-0.15, -0.1) is 0 Å². The number of furan rings is 1. The van der Waals surface area contributed by atoms with Crippen LogP contribution in [-0.2, 0) is 13.1 Å². The molecule has 0 spiro atoms. The second kappa shape index (κ2) is 7.80. The van der Waals surface area contributed by atoms with Crippen LogP contribution in [0.5, 0.6) is 0 Å². The number of nitrogens with zero attached hydrogens (tertiary/aromatic N) is 4. The second-order valence-electron chi connectivity index (χ2n) is 7.03. The zero-order valence-electron chi connectivity index (χ0n) is 15.5. The molecular weight excluding hydrogens is 340 g/mol. The molecule has 1 aliphatic heterocycles. The van der Waals surface area contributed by atoms with Crippen molar-refractivity contribution in [2.45, 2.75) is 20.0 Å². The summed E-state index contributed by atoms with van der Waals surface area (Å²) in [5.74, 6) is 1.11. The number of hydrogen-bond donors (Lipinski definition) is 0. The summed E-state index contributed by atoms with van der Waals surface area (Å²) in [6.07, 6.45) is 3.60. The fourth-order valence-corrected chi connectivity index (χ4v) is 3.47. The van der Waals surface area contributed by atoms with E-state index in [4.69, 9.17) is 4.42 Å². The molecule has 1 saturated heterocycles. The first-order valence-electron chi connectivity index (χ1n) is 9.31. The molecule has 0 unspecified atom stereocenters. The van der Waals surface area contributed by atoms with E-state index in [0.29, 0.717) is 12.3 Å². The predicted octanol–water partition coefficient (Wildman–Crippen LogP) is 2.79. The van der Waals surface area contributed by atoms with Crippen molar-refractivity contribution >= 4 is 5.91 Å². The van der Waals surface area contributed by atoms with Crippen molar-refractivity contribution in [3.63, 3.8) is 0 Å². The molecule has 4 rings (SSSR count). The van der Waals surface area contributed by atoms with Crippen LogP contribution in [0.3, 0.4) is 0 Å². The van der Waals surface area contributed by atoms with Gasteiger partial charge >= 0.3 is 0 Å². The van der Waals surface area contributed by atoms with Crippen LogP contribution in [0, 0.1) is 6.92 Å². The molecule has 1 amide bonds. The van der Waals surface area contributed by atoms with E-state index in [0.717, 1.165) is 38.5 Å². The van der Waals surface area contributed by atoms with E-state index in [1.165, 1.54) is 11.1 Å². The number of benzene rings is 1. The number of amides is 1. The summed E-state index contributed by atoms with van der Waals surface area (Å²) in [7, 11) is 0. The lowest BCUT2D eigenvalue weighted by Gasteiger charge is -2.34. The largest absolute Gasteiger partial charge is 0.454 e. The Kier molecular flexibility index (Phi) is 5.07. The molecule has 27 heavy (non-hydrogen) atoms. The molecule has 0 N–H and O–H groups in total. The molecule has 1 aliphatic rings. The van der Waals surface area contributed by atoms with Crippen LogP contribution in [0.2, 0.25) is 0 Å². The van der Waals surface area contributed by atoms with Gasteiger partial charge in [-0.3, -0.25) is 14.4 Å². The van der Waals surface area contributed by atoms with Gasteiger partial charge in [0, 0.05) is 45.1 Å². The number of carbonyl (C=O) groups is 1. The molecule has 2 aromatic heterocycles. The third-order valence-electron chi connectivity index (χ3n) is 4.90. The van der Waals surface area contributed by atoms with Gasteiger partial charge in [0.25, 0.3) is 5.91 Å². The number of aromatic nitrogens is 2. The Hall–Kier alpha value is -2.86. The van der Waals surface area contributed by atoms with Crippen molar-refractivity contribution < 1.29 is 9.21 Å². The summed E-state index contributed by atoms with van der Waals surface area (Å²) < 4.78 is 7.52. The van der Waals surface area contributed by atoms with Crippen molar-refractivity contribution in [1.29, 1.82) is 0 Å². The molecule has 0 radical (unpaired) electrons. The second-order valence-corrected chi connectivity index (χ2v) is 7.03. The molecule has 6 nitrogen and oxygen atoms in total. The van der Waals surface area contributed by atoms with Crippen molar-refractivity contribution in [2.24, 2.45) is 0 Å². The van der Waals surface area contributed by atoms with E-state index in [1.54, 1.807) is 16.9 Å². The maximum atomic E-state index is 12.7. The predicted molar refractivity (Wildman–Crippen MR) is 102 cm³/mol. The van der Waals surface area contributed by atoms with Crippen LogP contribution in [0.25, 0.3) is 0 Å². The lowest BCUT2D eigenvalue weighted by molar-refractivity contribution is 0.0596. The summed E-state index contributed by atoms with van der Waals surface area (Å²) in [6.45, 7) is 6.77. The lowest BCUT2D eigenvalue weighted by atomic mass is 10.1. The van der Waals surface area contributed by atoms with Gasteiger partial charge in [0.15, 0.2) is 5.76 Å². The lowest BCUT2D eigenvalue weighted by Crippen LogP contribution is -2.48. The Balaban J connectivity index is 1.31. The molecule has 1 aromatic carbocycles. The average molecular weight is 364 g/mol. The van der Waals surface area contributed by atoms with Gasteiger partial charge in [-0.1, -0.05) is 29.8 Å². The van der Waals surface area contributed by atoms with E-state index < -0.39 is 0 Å². The van der Waals surface area contributed by atoms with Crippen LogP contribution >= 0.6 is 0 Å². The Morgan fingerprint density at radius 3 is 2.67 bits per heavy atom. The maximum absolute atomic E-state index is 12.7. The minimum absolute atomic E-state index is 0.0306. The summed E-state index contributed by atoms with van der Waals surface area (Å²) >= 11 is 0. The van der Waals surface area contributed by atoms with E-state index in [9.17, 15) is 4.79 Å². The molecule has 3 heterocycles. The van der Waals surface area contributed by atoms with Crippen LogP contribution in [0.15, 0.2) is 59.3 Å². The maximum Gasteiger partial charge on any atom is 0.289 e. The van der Waals surface area contributed by atoms with E-state index in [1.807, 2.05) is 23.2 Å². The molecule has 0 saturated carbocycles. The Morgan fingerprint density at radius 2 is 1.93 bits per heavy atom. The minimum atomic E-state index is -0.0306. The zero-order chi connectivity index (χ0) is 18.6. The van der Waals surface area contributed by atoms with Gasteiger partial charge in [0.05, 0.1) is 6.54 Å². The highest BCUT2D eigenvalue weighted by Gasteiger charge is 2.24. The summed E-state index contributed by atoms with van der Waals surface area (Å²) in [5, 5.41) is 4.16. The molecular formula is C21H24N4O2. The molecule has 0 atom stereocenters. The Labute approximate surface area is 159 Å². The molecule has 0 bridgehead atoms. The van der Waals surface area contributed by atoms with E-state index in [2.05, 4.69) is 41.2 Å². The number of carbonyl (C=O) groups excluding carboxylic acids is 1. The van der Waals surface area contributed by atoms with Crippen LogP contribution in [0.4, 0.5) is 0 Å². The van der Waals surface area contributed by atoms with Gasteiger partial charge in [-0.2, -0.15) is 5.10 Å². The fraction of sp³-hybridized carbons (Fsp3) is 0.333. The summed E-state index contributed by atoms with van der Waals surface area (Å²) in [5.41, 5.74) is 2.61. The van der Waals surface area contributed by atoms with Gasteiger partial charge < -0.3 is 9.32 Å². The number of aryl methyl sites for hydroxylation is 1. The average Bonchev–Trinajstić information content (AvgIpc) is 3.34. The molecule has 1 fully saturated rings. The molecule has 0 aliphatic carbocycles. The zero-order valence-corrected chi connectivity index (χ0v) is 15.5. The van der Waals surface area contributed by atoms with Crippen molar-refractivity contribution in [3.05, 3.63) is 77.5 Å². The van der Waals surface area contributed by atoms with Crippen LogP contribution in [0.1, 0.15) is 27.4 Å². The van der Waals surface area contributed by atoms with Gasteiger partial charge in [0.2, 0.25) is 0 Å². The van der Waals surface area contributed by atoms with Crippen molar-refractivity contribution in [3.8, 4) is 0 Å². The quantitative estimate of drug-likeness (QED) is 0.699. The number of piperazine rings is 1. The topological polar surface area (TPSA) is 54.5 Å². The highest BCUT2D eigenvalue weighted by molar-refractivity contribution is 5.91. The third-order valence-corrected chi connectivity index (χ3v) is 4.90. The monoisotopic (exact) mass is 364 g/mol. The molecule has 140 valence electrons. The van der Waals surface area contributed by atoms with Gasteiger partial charge in [-0.25, -0.2) is 0 Å². The van der Waals surface area contributed by atoms with E-state index >= 15 is 0 Å². The highest BCUT2D eigenvalue weighted by Crippen LogP contribution is 2.15. The Morgan fingerprint density at radius 1 is 1.07 bits per heavy atom. The van der Waals surface area contributed by atoms with Gasteiger partial charge in [-0.05, 0) is 30.7 Å². The SMILES string of the molecule is Cc1cccc(CN2CCN(C(=O)c3ccc(Cn4cccn4)o3)CC2)c1. The number of hydrogen-bond acceptors (Lipinski definition) is 4. The number of rotatable bonds is 5. The molecule has 3 aromatic rings. The summed E-state index contributed by atoms with van der Waals surface area (Å²) in [6, 6.07) is 14.1. The van der Waals surface area contributed by atoms with Crippen LogP contribution in [-0.4, -0.2) is 51.7 Å². The van der Waals surface area contributed by atoms with Gasteiger partial charge in [0.1, 0.15) is 5.76 Å². The Bertz CT molecular complexity index is 893. The first-order valence-corrected chi connectivity index (χ1v) is 9.31.